The quantitative estimate of drug-likeness (QED) is 0.515. The van der Waals surface area contributed by atoms with Crippen LogP contribution in [0.4, 0.5) is 0 Å². The van der Waals surface area contributed by atoms with E-state index in [2.05, 4.69) is 0 Å². The first-order chi connectivity index (χ1) is 5.18. The molecule has 1 rings (SSSR count). The molecule has 0 fully saturated rings. The molecule has 0 saturated heterocycles. The summed E-state index contributed by atoms with van der Waals surface area (Å²) in [5.41, 5.74) is 1.13. The van der Waals surface area contributed by atoms with Gasteiger partial charge in [0.1, 0.15) is 0 Å². The highest BCUT2D eigenvalue weighted by Gasteiger charge is 2.04. The highest BCUT2D eigenvalue weighted by Crippen LogP contribution is 1.89. The van der Waals surface area contributed by atoms with Gasteiger partial charge in [0.2, 0.25) is 6.54 Å². The Bertz CT molecular complexity index is 258. The molecule has 4 heteroatoms. The summed E-state index contributed by atoms with van der Waals surface area (Å²) in [4.78, 5) is 10.2. The number of nitrogens with zero attached hydrogens (tertiary/aromatic N) is 1. The molecule has 1 aromatic heterocycles. The van der Waals surface area contributed by atoms with Crippen molar-refractivity contribution in [2.24, 2.45) is 0 Å². The number of carboxylic acids is 1. The van der Waals surface area contributed by atoms with Crippen molar-refractivity contribution in [3.63, 3.8) is 0 Å². The second kappa shape index (κ2) is 4.72. The van der Waals surface area contributed by atoms with Crippen LogP contribution in [0.25, 0.3) is 0 Å². The number of carboxylic acid groups (broad SMARTS) is 1. The van der Waals surface area contributed by atoms with Crippen LogP contribution in [0, 0.1) is 6.92 Å². The maximum Gasteiger partial charge on any atom is 0.370 e. The Morgan fingerprint density at radius 3 is 2.42 bits per heavy atom. The summed E-state index contributed by atoms with van der Waals surface area (Å²) in [5, 5.41) is 8.42. The number of hydrogen-bond acceptors (Lipinski definition) is 1. The number of aryl methyl sites for hydroxylation is 1. The van der Waals surface area contributed by atoms with E-state index in [0.717, 1.165) is 5.56 Å². The molecule has 0 radical (unpaired) electrons. The maximum absolute atomic E-state index is 10.2. The van der Waals surface area contributed by atoms with Crippen LogP contribution in [-0.4, -0.2) is 11.1 Å². The molecule has 1 aromatic rings. The van der Waals surface area contributed by atoms with Crippen LogP contribution < -0.4 is 17.0 Å². The van der Waals surface area contributed by atoms with Crippen molar-refractivity contribution >= 4 is 5.97 Å². The SMILES string of the molecule is Cc1cc[n+](CC(=O)O)cc1.[Cl-]. The maximum atomic E-state index is 10.2. The second-order valence-corrected chi connectivity index (χ2v) is 2.44. The van der Waals surface area contributed by atoms with Crippen LogP contribution in [0.1, 0.15) is 5.56 Å². The average Bonchev–Trinajstić information content (AvgIpc) is 1.93. The standard InChI is InChI=1S/C8H9NO2.ClH/c1-7-2-4-9(5-3-7)6-8(10)11;/h2-5H,6H2,1H3;1H. The van der Waals surface area contributed by atoms with Gasteiger partial charge in [-0.25, -0.2) is 4.79 Å². The van der Waals surface area contributed by atoms with Gasteiger partial charge in [0.25, 0.3) is 0 Å². The number of hydrogen-bond donors (Lipinski definition) is 1. The minimum Gasteiger partial charge on any atom is -1.00 e. The summed E-state index contributed by atoms with van der Waals surface area (Å²) < 4.78 is 1.62. The van der Waals surface area contributed by atoms with Crippen molar-refractivity contribution in [2.75, 3.05) is 0 Å². The van der Waals surface area contributed by atoms with Crippen LogP contribution in [0.2, 0.25) is 0 Å². The first kappa shape index (κ1) is 10.9. The Balaban J connectivity index is 0.00000121. The lowest BCUT2D eigenvalue weighted by molar-refractivity contribution is -0.685. The third-order valence-corrected chi connectivity index (χ3v) is 1.38. The number of aromatic nitrogens is 1. The van der Waals surface area contributed by atoms with Gasteiger partial charge in [-0.05, 0) is 12.5 Å². The van der Waals surface area contributed by atoms with Crippen LogP contribution in [0.5, 0.6) is 0 Å². The highest BCUT2D eigenvalue weighted by atomic mass is 35.5. The van der Waals surface area contributed by atoms with E-state index < -0.39 is 5.97 Å². The molecule has 0 aliphatic heterocycles. The number of pyridine rings is 1. The molecule has 0 bridgehead atoms. The lowest BCUT2D eigenvalue weighted by Crippen LogP contribution is -3.00. The first-order valence-electron chi connectivity index (χ1n) is 3.36. The lowest BCUT2D eigenvalue weighted by Gasteiger charge is -1.91. The molecule has 0 spiro atoms. The zero-order chi connectivity index (χ0) is 8.27. The van der Waals surface area contributed by atoms with Crippen LogP contribution in [0.15, 0.2) is 24.5 Å². The Morgan fingerprint density at radius 1 is 1.50 bits per heavy atom. The fraction of sp³-hybridized carbons (Fsp3) is 0.250. The zero-order valence-corrected chi connectivity index (χ0v) is 7.45. The molecule has 12 heavy (non-hydrogen) atoms. The molecular weight excluding hydrogens is 178 g/mol. The van der Waals surface area contributed by atoms with Crippen molar-refractivity contribution < 1.29 is 26.9 Å². The van der Waals surface area contributed by atoms with Gasteiger partial charge in [-0.2, -0.15) is 4.57 Å². The minimum absolute atomic E-state index is 0. The Morgan fingerprint density at radius 2 is 2.00 bits per heavy atom. The van der Waals surface area contributed by atoms with Gasteiger partial charge >= 0.3 is 5.97 Å². The molecule has 1 heterocycles. The molecule has 0 saturated carbocycles. The number of rotatable bonds is 2. The van der Waals surface area contributed by atoms with E-state index in [9.17, 15) is 4.79 Å². The highest BCUT2D eigenvalue weighted by molar-refractivity contribution is 5.64. The molecule has 0 aliphatic carbocycles. The third kappa shape index (κ3) is 3.34. The summed E-state index contributed by atoms with van der Waals surface area (Å²) in [5.74, 6) is -0.821. The van der Waals surface area contributed by atoms with Gasteiger partial charge < -0.3 is 17.5 Å². The molecule has 0 amide bonds. The molecular formula is C8H10ClNO2. The summed E-state index contributed by atoms with van der Waals surface area (Å²) in [6.07, 6.45) is 3.51. The monoisotopic (exact) mass is 187 g/mol. The van der Waals surface area contributed by atoms with Gasteiger partial charge in [-0.15, -0.1) is 0 Å². The van der Waals surface area contributed by atoms with Crippen LogP contribution in [0.3, 0.4) is 0 Å². The normalized spacial score (nSPS) is 8.75. The largest absolute Gasteiger partial charge is 1.00 e. The molecule has 3 nitrogen and oxygen atoms in total. The summed E-state index contributed by atoms with van der Waals surface area (Å²) in [7, 11) is 0. The van der Waals surface area contributed by atoms with Crippen molar-refractivity contribution in [1.82, 2.24) is 0 Å². The lowest BCUT2D eigenvalue weighted by atomic mass is 10.3. The average molecular weight is 188 g/mol. The van der Waals surface area contributed by atoms with Gasteiger partial charge in [0.05, 0.1) is 0 Å². The molecule has 0 aromatic carbocycles. The van der Waals surface area contributed by atoms with E-state index in [1.165, 1.54) is 0 Å². The Kier molecular flexibility index (Phi) is 4.29. The fourth-order valence-electron chi connectivity index (χ4n) is 0.793. The summed E-state index contributed by atoms with van der Waals surface area (Å²) in [6, 6.07) is 3.76. The molecule has 0 aliphatic rings. The smallest absolute Gasteiger partial charge is 0.370 e. The third-order valence-electron chi connectivity index (χ3n) is 1.38. The van der Waals surface area contributed by atoms with Gasteiger partial charge in [0, 0.05) is 12.1 Å². The zero-order valence-electron chi connectivity index (χ0n) is 6.70. The predicted octanol–water partition coefficient (Wildman–Crippen LogP) is -2.63. The second-order valence-electron chi connectivity index (χ2n) is 2.44. The Labute approximate surface area is 77.1 Å². The van der Waals surface area contributed by atoms with E-state index in [-0.39, 0.29) is 19.0 Å². The van der Waals surface area contributed by atoms with Crippen LogP contribution >= 0.6 is 0 Å². The van der Waals surface area contributed by atoms with Gasteiger partial charge in [0.15, 0.2) is 12.4 Å². The van der Waals surface area contributed by atoms with E-state index in [1.54, 1.807) is 17.0 Å². The van der Waals surface area contributed by atoms with Gasteiger partial charge in [-0.3, -0.25) is 0 Å². The summed E-state index contributed by atoms with van der Waals surface area (Å²) >= 11 is 0. The predicted molar refractivity (Wildman–Crippen MR) is 39.0 cm³/mol. The topological polar surface area (TPSA) is 41.2 Å². The molecule has 0 unspecified atom stereocenters. The van der Waals surface area contributed by atoms with Crippen molar-refractivity contribution in [2.45, 2.75) is 13.5 Å². The van der Waals surface area contributed by atoms with Crippen LogP contribution in [-0.2, 0) is 11.3 Å². The van der Waals surface area contributed by atoms with E-state index in [4.69, 9.17) is 5.11 Å². The molecule has 66 valence electrons. The molecule has 0 atom stereocenters. The number of halogens is 1. The van der Waals surface area contributed by atoms with Crippen molar-refractivity contribution in [1.29, 1.82) is 0 Å². The molecule has 1 N–H and O–H groups in total. The van der Waals surface area contributed by atoms with E-state index >= 15 is 0 Å². The number of carbonyl (C=O) groups is 1. The Hall–Kier alpha value is -1.09. The van der Waals surface area contributed by atoms with Crippen molar-refractivity contribution in [3.8, 4) is 0 Å². The van der Waals surface area contributed by atoms with E-state index in [1.807, 2.05) is 19.1 Å². The first-order valence-corrected chi connectivity index (χ1v) is 3.36. The van der Waals surface area contributed by atoms with Gasteiger partial charge in [-0.1, -0.05) is 0 Å². The fourth-order valence-corrected chi connectivity index (χ4v) is 0.793. The van der Waals surface area contributed by atoms with Crippen molar-refractivity contribution in [3.05, 3.63) is 30.1 Å². The summed E-state index contributed by atoms with van der Waals surface area (Å²) in [6.45, 7) is 1.99. The number of aliphatic carboxylic acids is 1. The minimum atomic E-state index is -0.821. The van der Waals surface area contributed by atoms with E-state index in [0.29, 0.717) is 0 Å².